The topological polar surface area (TPSA) is 37.4 Å². The first-order chi connectivity index (χ1) is 11.6. The second-order valence-electron chi connectivity index (χ2n) is 5.55. The van der Waals surface area contributed by atoms with E-state index < -0.39 is 0 Å². The molecule has 0 unspecified atom stereocenters. The molecular weight excluding hydrogens is 318 g/mol. The zero-order valence-electron chi connectivity index (χ0n) is 13.3. The van der Waals surface area contributed by atoms with Crippen LogP contribution in [0.15, 0.2) is 77.2 Å². The van der Waals surface area contributed by atoms with E-state index in [0.29, 0.717) is 11.4 Å². The highest BCUT2D eigenvalue weighted by Crippen LogP contribution is 2.32. The second-order valence-corrected chi connectivity index (χ2v) is 6.55. The Labute approximate surface area is 145 Å². The van der Waals surface area contributed by atoms with Gasteiger partial charge >= 0.3 is 0 Å². The summed E-state index contributed by atoms with van der Waals surface area (Å²) in [5, 5.41) is -0.220. The molecule has 2 aromatic rings. The SMILES string of the molecule is CC(=C\c1ccccc1)/C=C1/SC(=O)N(Cc2ccccc2)C1=O. The molecule has 3 nitrogen and oxygen atoms in total. The van der Waals surface area contributed by atoms with Crippen LogP contribution in [0.25, 0.3) is 6.08 Å². The van der Waals surface area contributed by atoms with Gasteiger partial charge in [-0.05, 0) is 41.5 Å². The molecule has 0 aliphatic carbocycles. The smallest absolute Gasteiger partial charge is 0.268 e. The molecule has 2 aromatic carbocycles. The molecule has 0 spiro atoms. The molecular formula is C20H17NO2S. The van der Waals surface area contributed by atoms with Crippen LogP contribution in [0, 0.1) is 0 Å². The molecule has 1 heterocycles. The molecule has 0 aromatic heterocycles. The number of benzene rings is 2. The second kappa shape index (κ2) is 7.32. The highest BCUT2D eigenvalue weighted by atomic mass is 32.2. The molecule has 0 saturated carbocycles. The largest absolute Gasteiger partial charge is 0.293 e. The lowest BCUT2D eigenvalue weighted by Gasteiger charge is -2.12. The number of carbonyl (C=O) groups excluding carboxylic acids is 2. The molecule has 1 aliphatic heterocycles. The molecule has 1 saturated heterocycles. The minimum absolute atomic E-state index is 0.220. The Balaban J connectivity index is 1.77. The maximum Gasteiger partial charge on any atom is 0.293 e. The fraction of sp³-hybridized carbons (Fsp3) is 0.100. The van der Waals surface area contributed by atoms with Crippen molar-refractivity contribution in [3.8, 4) is 0 Å². The lowest BCUT2D eigenvalue weighted by atomic mass is 10.1. The van der Waals surface area contributed by atoms with Crippen LogP contribution in [0.3, 0.4) is 0 Å². The minimum Gasteiger partial charge on any atom is -0.268 e. The molecule has 120 valence electrons. The summed E-state index contributed by atoms with van der Waals surface area (Å²) in [6, 6.07) is 19.4. The van der Waals surface area contributed by atoms with E-state index in [-0.39, 0.29) is 11.1 Å². The number of thioether (sulfide) groups is 1. The van der Waals surface area contributed by atoms with Crippen molar-refractivity contribution in [2.45, 2.75) is 13.5 Å². The van der Waals surface area contributed by atoms with Gasteiger partial charge in [0.15, 0.2) is 0 Å². The minimum atomic E-state index is -0.227. The third-order valence-corrected chi connectivity index (χ3v) is 4.52. The molecule has 0 bridgehead atoms. The van der Waals surface area contributed by atoms with Crippen molar-refractivity contribution >= 4 is 29.0 Å². The number of amides is 2. The van der Waals surface area contributed by atoms with Crippen LogP contribution in [0.1, 0.15) is 18.1 Å². The molecule has 4 heteroatoms. The van der Waals surface area contributed by atoms with E-state index in [0.717, 1.165) is 28.5 Å². The summed E-state index contributed by atoms with van der Waals surface area (Å²) in [7, 11) is 0. The number of nitrogens with zero attached hydrogens (tertiary/aromatic N) is 1. The summed E-state index contributed by atoms with van der Waals surface area (Å²) in [5.41, 5.74) is 2.94. The van der Waals surface area contributed by atoms with E-state index in [1.54, 1.807) is 6.08 Å². The summed E-state index contributed by atoms with van der Waals surface area (Å²) < 4.78 is 0. The van der Waals surface area contributed by atoms with Gasteiger partial charge in [0.2, 0.25) is 0 Å². The van der Waals surface area contributed by atoms with Gasteiger partial charge in [0, 0.05) is 0 Å². The van der Waals surface area contributed by atoms with Gasteiger partial charge in [0.05, 0.1) is 11.4 Å². The number of allylic oxidation sites excluding steroid dienone is 2. The van der Waals surface area contributed by atoms with Gasteiger partial charge in [-0.1, -0.05) is 66.7 Å². The lowest BCUT2D eigenvalue weighted by Crippen LogP contribution is -2.27. The fourth-order valence-electron chi connectivity index (χ4n) is 2.46. The van der Waals surface area contributed by atoms with E-state index in [1.807, 2.05) is 73.7 Å². The maximum atomic E-state index is 12.5. The number of hydrogen-bond acceptors (Lipinski definition) is 3. The predicted octanol–water partition coefficient (Wildman–Crippen LogP) is 4.87. The maximum absolute atomic E-state index is 12.5. The standard InChI is InChI=1S/C20H17NO2S/c1-15(12-16-8-4-2-5-9-16)13-18-19(22)21(20(23)24-18)14-17-10-6-3-7-11-17/h2-13H,14H2,1H3/b15-12+,18-13+. The van der Waals surface area contributed by atoms with Crippen molar-refractivity contribution in [1.29, 1.82) is 0 Å². The quantitative estimate of drug-likeness (QED) is 0.748. The van der Waals surface area contributed by atoms with E-state index in [2.05, 4.69) is 0 Å². The first kappa shape index (κ1) is 16.3. The van der Waals surface area contributed by atoms with Gasteiger partial charge < -0.3 is 0 Å². The lowest BCUT2D eigenvalue weighted by molar-refractivity contribution is -0.123. The van der Waals surface area contributed by atoms with Crippen LogP contribution in [0.5, 0.6) is 0 Å². The summed E-state index contributed by atoms with van der Waals surface area (Å²) in [6.45, 7) is 2.24. The van der Waals surface area contributed by atoms with Gasteiger partial charge in [-0.3, -0.25) is 14.5 Å². The molecule has 0 radical (unpaired) electrons. The van der Waals surface area contributed by atoms with Gasteiger partial charge in [0.25, 0.3) is 11.1 Å². The Kier molecular flexibility index (Phi) is 4.96. The van der Waals surface area contributed by atoms with Gasteiger partial charge in [0.1, 0.15) is 0 Å². The third kappa shape index (κ3) is 3.84. The molecule has 0 atom stereocenters. The van der Waals surface area contributed by atoms with Crippen LogP contribution in [0.4, 0.5) is 4.79 Å². The van der Waals surface area contributed by atoms with E-state index >= 15 is 0 Å². The number of hydrogen-bond donors (Lipinski definition) is 0. The molecule has 0 N–H and O–H groups in total. The van der Waals surface area contributed by atoms with Crippen LogP contribution in [-0.4, -0.2) is 16.0 Å². The van der Waals surface area contributed by atoms with Gasteiger partial charge in [-0.2, -0.15) is 0 Å². The van der Waals surface area contributed by atoms with Crippen molar-refractivity contribution in [1.82, 2.24) is 4.90 Å². The van der Waals surface area contributed by atoms with Crippen molar-refractivity contribution in [3.63, 3.8) is 0 Å². The first-order valence-electron chi connectivity index (χ1n) is 7.66. The van der Waals surface area contributed by atoms with E-state index in [1.165, 1.54) is 4.90 Å². The van der Waals surface area contributed by atoms with Gasteiger partial charge in [-0.15, -0.1) is 0 Å². The Hall–Kier alpha value is -2.59. The monoisotopic (exact) mass is 335 g/mol. The van der Waals surface area contributed by atoms with E-state index in [4.69, 9.17) is 0 Å². The average Bonchev–Trinajstić information content (AvgIpc) is 2.84. The van der Waals surface area contributed by atoms with Crippen LogP contribution < -0.4 is 0 Å². The Morgan fingerprint density at radius 3 is 2.29 bits per heavy atom. The molecule has 1 fully saturated rings. The van der Waals surface area contributed by atoms with Crippen LogP contribution in [-0.2, 0) is 11.3 Å². The number of rotatable bonds is 4. The highest BCUT2D eigenvalue weighted by molar-refractivity contribution is 8.18. The summed E-state index contributed by atoms with van der Waals surface area (Å²) in [4.78, 5) is 26.4. The normalized spacial score (nSPS) is 17.0. The van der Waals surface area contributed by atoms with Crippen molar-refractivity contribution in [2.24, 2.45) is 0 Å². The van der Waals surface area contributed by atoms with Crippen LogP contribution in [0.2, 0.25) is 0 Å². The fourth-order valence-corrected chi connectivity index (χ4v) is 3.35. The summed E-state index contributed by atoms with van der Waals surface area (Å²) >= 11 is 0.998. The molecule has 3 rings (SSSR count). The average molecular weight is 335 g/mol. The van der Waals surface area contributed by atoms with E-state index in [9.17, 15) is 9.59 Å². The van der Waals surface area contributed by atoms with Crippen molar-refractivity contribution in [2.75, 3.05) is 0 Å². The first-order valence-corrected chi connectivity index (χ1v) is 8.48. The summed E-state index contributed by atoms with van der Waals surface area (Å²) in [5.74, 6) is -0.227. The Morgan fingerprint density at radius 2 is 1.62 bits per heavy atom. The zero-order chi connectivity index (χ0) is 16.9. The molecule has 2 amide bonds. The zero-order valence-corrected chi connectivity index (χ0v) is 14.1. The Morgan fingerprint density at radius 1 is 1.00 bits per heavy atom. The van der Waals surface area contributed by atoms with Crippen molar-refractivity contribution < 1.29 is 9.59 Å². The van der Waals surface area contributed by atoms with Crippen molar-refractivity contribution in [3.05, 3.63) is 88.3 Å². The summed E-state index contributed by atoms with van der Waals surface area (Å²) in [6.07, 6.45) is 3.77. The number of carbonyl (C=O) groups is 2. The highest BCUT2D eigenvalue weighted by Gasteiger charge is 2.34. The number of imide groups is 1. The van der Waals surface area contributed by atoms with Crippen LogP contribution >= 0.6 is 11.8 Å². The Bertz CT molecular complexity index is 810. The molecule has 24 heavy (non-hydrogen) atoms. The van der Waals surface area contributed by atoms with Gasteiger partial charge in [-0.25, -0.2) is 0 Å². The molecule has 1 aliphatic rings. The third-order valence-electron chi connectivity index (χ3n) is 3.61. The predicted molar refractivity (Wildman–Crippen MR) is 98.2 cm³/mol.